The van der Waals surface area contributed by atoms with E-state index in [1.807, 2.05) is 0 Å². The third kappa shape index (κ3) is 2.83. The van der Waals surface area contributed by atoms with Crippen molar-refractivity contribution in [2.45, 2.75) is 43.1 Å². The minimum atomic E-state index is -4.67. The first kappa shape index (κ1) is 17.7. The predicted octanol–water partition coefficient (Wildman–Crippen LogP) is 1.58. The summed E-state index contributed by atoms with van der Waals surface area (Å²) in [6.07, 6.45) is -4.55. The lowest BCUT2D eigenvalue weighted by molar-refractivity contribution is -0.324. The highest BCUT2D eigenvalue weighted by Gasteiger charge is 2.74. The molecule has 0 N–H and O–H groups in total. The van der Waals surface area contributed by atoms with Gasteiger partial charge in [-0.1, -0.05) is 0 Å². The molecule has 5 atom stereocenters. The summed E-state index contributed by atoms with van der Waals surface area (Å²) in [5, 5.41) is 0. The standard InChI is InChI=1S/C15H19F3O6/c1-13(9(24-13)4-5-22-15(16,17)18)12-11(21-3)8(19)6-10(20-2)14(12)7-23-14/h6,9,11-12H,4-5,7H2,1-3H3/t9-,11-,12-,13?,14-/m1/s1. The van der Waals surface area contributed by atoms with Gasteiger partial charge in [0.05, 0.1) is 32.3 Å². The smallest absolute Gasteiger partial charge is 0.498 e. The van der Waals surface area contributed by atoms with Crippen molar-refractivity contribution in [2.75, 3.05) is 27.4 Å². The van der Waals surface area contributed by atoms with Gasteiger partial charge in [-0.05, 0) is 6.92 Å². The third-order valence-electron chi connectivity index (χ3n) is 4.95. The van der Waals surface area contributed by atoms with E-state index in [1.54, 1.807) is 6.92 Å². The van der Waals surface area contributed by atoms with Crippen molar-refractivity contribution in [1.82, 2.24) is 0 Å². The molecule has 0 aromatic rings. The molecule has 0 aromatic carbocycles. The number of carbonyl (C=O) groups excluding carboxylic acids is 1. The second-order valence-electron chi connectivity index (χ2n) is 6.30. The van der Waals surface area contributed by atoms with Crippen LogP contribution in [0.1, 0.15) is 13.3 Å². The molecule has 1 spiro atoms. The number of carbonyl (C=O) groups is 1. The molecule has 0 bridgehead atoms. The number of halogens is 3. The van der Waals surface area contributed by atoms with E-state index in [9.17, 15) is 18.0 Å². The quantitative estimate of drug-likeness (QED) is 0.676. The molecule has 0 saturated carbocycles. The van der Waals surface area contributed by atoms with E-state index in [2.05, 4.69) is 4.74 Å². The van der Waals surface area contributed by atoms with Gasteiger partial charge in [0.2, 0.25) is 0 Å². The Hall–Kier alpha value is -1.16. The van der Waals surface area contributed by atoms with Crippen LogP contribution in [0.2, 0.25) is 0 Å². The predicted molar refractivity (Wildman–Crippen MR) is 73.0 cm³/mol. The van der Waals surface area contributed by atoms with E-state index < -0.39 is 42.3 Å². The summed E-state index contributed by atoms with van der Waals surface area (Å²) in [7, 11) is 2.85. The molecule has 3 rings (SSSR count). The van der Waals surface area contributed by atoms with Crippen molar-refractivity contribution in [1.29, 1.82) is 0 Å². The highest BCUT2D eigenvalue weighted by molar-refractivity contribution is 5.96. The molecule has 6 nitrogen and oxygen atoms in total. The molecule has 1 unspecified atom stereocenters. The minimum Gasteiger partial charge on any atom is -0.498 e. The lowest BCUT2D eigenvalue weighted by Gasteiger charge is -2.36. The fraction of sp³-hybridized carbons (Fsp3) is 0.800. The molecule has 24 heavy (non-hydrogen) atoms. The summed E-state index contributed by atoms with van der Waals surface area (Å²) in [4.78, 5) is 12.3. The van der Waals surface area contributed by atoms with Crippen LogP contribution in [0.5, 0.6) is 0 Å². The zero-order valence-corrected chi connectivity index (χ0v) is 13.5. The molecule has 1 aliphatic carbocycles. The summed E-state index contributed by atoms with van der Waals surface area (Å²) < 4.78 is 62.0. The number of hydrogen-bond donors (Lipinski definition) is 0. The molecule has 0 amide bonds. The van der Waals surface area contributed by atoms with Gasteiger partial charge in [0.25, 0.3) is 0 Å². The van der Waals surface area contributed by atoms with Gasteiger partial charge in [-0.3, -0.25) is 9.53 Å². The van der Waals surface area contributed by atoms with Crippen LogP contribution >= 0.6 is 0 Å². The number of alkyl halides is 3. The maximum absolute atomic E-state index is 12.3. The van der Waals surface area contributed by atoms with E-state index in [1.165, 1.54) is 20.3 Å². The van der Waals surface area contributed by atoms with Gasteiger partial charge < -0.3 is 18.9 Å². The number of rotatable bonds is 6. The molecule has 2 fully saturated rings. The summed E-state index contributed by atoms with van der Waals surface area (Å²) >= 11 is 0. The number of ether oxygens (including phenoxy) is 5. The summed E-state index contributed by atoms with van der Waals surface area (Å²) in [5.41, 5.74) is -1.67. The van der Waals surface area contributed by atoms with Gasteiger partial charge >= 0.3 is 6.36 Å². The average Bonchev–Trinajstić information content (AvgIpc) is 3.39. The fourth-order valence-electron chi connectivity index (χ4n) is 3.72. The maximum Gasteiger partial charge on any atom is 0.522 e. The lowest BCUT2D eigenvalue weighted by Crippen LogP contribution is -2.53. The largest absolute Gasteiger partial charge is 0.522 e. The number of hydrogen-bond acceptors (Lipinski definition) is 6. The van der Waals surface area contributed by atoms with Crippen LogP contribution < -0.4 is 0 Å². The Kier molecular flexibility index (Phi) is 4.18. The zero-order chi connectivity index (χ0) is 17.8. The maximum atomic E-state index is 12.3. The van der Waals surface area contributed by atoms with Gasteiger partial charge in [-0.25, -0.2) is 0 Å². The van der Waals surface area contributed by atoms with Crippen molar-refractivity contribution in [3.8, 4) is 0 Å². The zero-order valence-electron chi connectivity index (χ0n) is 13.5. The van der Waals surface area contributed by atoms with Crippen molar-refractivity contribution in [2.24, 2.45) is 5.92 Å². The lowest BCUT2D eigenvalue weighted by atomic mass is 9.71. The Balaban J connectivity index is 1.75. The Morgan fingerprint density at radius 3 is 2.54 bits per heavy atom. The molecule has 9 heteroatoms. The van der Waals surface area contributed by atoms with E-state index in [-0.39, 0.29) is 12.2 Å². The average molecular weight is 352 g/mol. The van der Waals surface area contributed by atoms with Gasteiger partial charge in [0.15, 0.2) is 11.4 Å². The normalized spacial score (nSPS) is 41.3. The molecule has 136 valence electrons. The minimum absolute atomic E-state index is 0.0548. The van der Waals surface area contributed by atoms with Crippen LogP contribution in [0.4, 0.5) is 13.2 Å². The first-order valence-corrected chi connectivity index (χ1v) is 7.53. The van der Waals surface area contributed by atoms with Crippen LogP contribution in [0.3, 0.4) is 0 Å². The van der Waals surface area contributed by atoms with Crippen molar-refractivity contribution >= 4 is 5.78 Å². The summed E-state index contributed by atoms with van der Waals surface area (Å²) in [6.45, 7) is 1.58. The molecule has 2 heterocycles. The molecule has 2 saturated heterocycles. The highest BCUT2D eigenvalue weighted by atomic mass is 19.4. The molecule has 0 aromatic heterocycles. The number of methoxy groups -OCH3 is 2. The number of epoxide rings is 2. The van der Waals surface area contributed by atoms with E-state index in [0.717, 1.165) is 0 Å². The fourth-order valence-corrected chi connectivity index (χ4v) is 3.72. The SMILES string of the molecule is COC1=CC(=O)[C@@H](OC)[C@H](C2(C)O[C@@H]2CCOC(F)(F)F)[C@@]12CO2. The van der Waals surface area contributed by atoms with Crippen LogP contribution in [0, 0.1) is 5.92 Å². The highest BCUT2D eigenvalue weighted by Crippen LogP contribution is 2.59. The molecule has 3 aliphatic rings. The van der Waals surface area contributed by atoms with Crippen LogP contribution in [-0.4, -0.2) is 63.0 Å². The molecular formula is C15H19F3O6. The second-order valence-corrected chi connectivity index (χ2v) is 6.30. The molecular weight excluding hydrogens is 333 g/mol. The van der Waals surface area contributed by atoms with Gasteiger partial charge in [-0.2, -0.15) is 0 Å². The van der Waals surface area contributed by atoms with Crippen molar-refractivity contribution < 1.29 is 41.7 Å². The topological polar surface area (TPSA) is 69.8 Å². The van der Waals surface area contributed by atoms with Crippen molar-refractivity contribution in [3.05, 3.63) is 11.8 Å². The summed E-state index contributed by atoms with van der Waals surface area (Å²) in [5.74, 6) is -0.381. The van der Waals surface area contributed by atoms with Gasteiger partial charge in [0.1, 0.15) is 17.5 Å². The Morgan fingerprint density at radius 2 is 2.04 bits per heavy atom. The van der Waals surface area contributed by atoms with E-state index >= 15 is 0 Å². The van der Waals surface area contributed by atoms with Crippen LogP contribution in [0.25, 0.3) is 0 Å². The number of ketones is 1. The first-order chi connectivity index (χ1) is 11.2. The van der Waals surface area contributed by atoms with Crippen LogP contribution in [0.15, 0.2) is 11.8 Å². The summed E-state index contributed by atoms with van der Waals surface area (Å²) in [6, 6.07) is 0. The Bertz CT molecular complexity index is 556. The van der Waals surface area contributed by atoms with Gasteiger partial charge in [0, 0.05) is 19.6 Å². The van der Waals surface area contributed by atoms with E-state index in [0.29, 0.717) is 12.4 Å². The third-order valence-corrected chi connectivity index (χ3v) is 4.95. The van der Waals surface area contributed by atoms with E-state index in [4.69, 9.17) is 18.9 Å². The first-order valence-electron chi connectivity index (χ1n) is 7.53. The van der Waals surface area contributed by atoms with Crippen LogP contribution in [-0.2, 0) is 28.5 Å². The molecule has 0 radical (unpaired) electrons. The molecule has 2 aliphatic heterocycles. The van der Waals surface area contributed by atoms with Crippen molar-refractivity contribution in [3.63, 3.8) is 0 Å². The Morgan fingerprint density at radius 1 is 1.38 bits per heavy atom. The Labute approximate surface area is 136 Å². The monoisotopic (exact) mass is 352 g/mol. The van der Waals surface area contributed by atoms with Gasteiger partial charge in [-0.15, -0.1) is 13.2 Å². The second kappa shape index (κ2) is 5.69.